The average Bonchev–Trinajstić information content (AvgIpc) is 3.77. The van der Waals surface area contributed by atoms with Gasteiger partial charge in [0.25, 0.3) is 0 Å². The van der Waals surface area contributed by atoms with Crippen LogP contribution in [0.2, 0.25) is 0 Å². The van der Waals surface area contributed by atoms with E-state index in [0.29, 0.717) is 0 Å². The first-order valence-electron chi connectivity index (χ1n) is 18.6. The molecule has 7 aromatic carbocycles. The minimum Gasteiger partial charge on any atom is -0.399 e. The first-order valence-corrected chi connectivity index (χ1v) is 18.6. The van der Waals surface area contributed by atoms with Crippen LogP contribution < -0.4 is 5.46 Å². The van der Waals surface area contributed by atoms with Crippen LogP contribution in [-0.4, -0.2) is 22.9 Å². The molecule has 256 valence electrons. The van der Waals surface area contributed by atoms with Crippen LogP contribution in [0.3, 0.4) is 0 Å². The normalized spacial score (nSPS) is 16.6. The Kier molecular flexibility index (Phi) is 7.05. The van der Waals surface area contributed by atoms with Crippen LogP contribution >= 0.6 is 0 Å². The van der Waals surface area contributed by atoms with Crippen molar-refractivity contribution in [3.05, 3.63) is 192 Å². The fourth-order valence-electron chi connectivity index (χ4n) is 8.96. The van der Waals surface area contributed by atoms with Crippen molar-refractivity contribution in [3.63, 3.8) is 0 Å². The van der Waals surface area contributed by atoms with E-state index in [-0.39, 0.29) is 0 Å². The fraction of sp³-hybridized carbons (Fsp3) is 0.143. The van der Waals surface area contributed by atoms with Crippen molar-refractivity contribution < 1.29 is 9.31 Å². The van der Waals surface area contributed by atoms with Crippen LogP contribution in [0, 0.1) is 0 Å². The maximum Gasteiger partial charge on any atom is 0.495 e. The van der Waals surface area contributed by atoms with Crippen molar-refractivity contribution >= 4 is 34.4 Å². The van der Waals surface area contributed by atoms with Gasteiger partial charge in [0.1, 0.15) is 0 Å². The second kappa shape index (κ2) is 11.7. The molecule has 0 radical (unpaired) electrons. The van der Waals surface area contributed by atoms with E-state index in [9.17, 15) is 0 Å². The molecule has 4 heteroatoms. The van der Waals surface area contributed by atoms with E-state index in [1.54, 1.807) is 0 Å². The molecule has 0 amide bonds. The Bertz CT molecular complexity index is 2610. The number of fused-ring (bicyclic) bond motifs is 7. The van der Waals surface area contributed by atoms with E-state index < -0.39 is 23.7 Å². The van der Waals surface area contributed by atoms with Gasteiger partial charge in [0.15, 0.2) is 0 Å². The summed E-state index contributed by atoms with van der Waals surface area (Å²) in [5.74, 6) is 0. The van der Waals surface area contributed by atoms with E-state index in [1.165, 1.54) is 55.4 Å². The summed E-state index contributed by atoms with van der Waals surface area (Å²) in [6, 6.07) is 61.9. The summed E-state index contributed by atoms with van der Waals surface area (Å²) in [4.78, 5) is 0. The van der Waals surface area contributed by atoms with Crippen molar-refractivity contribution in [1.82, 2.24) is 4.57 Å². The molecule has 2 heterocycles. The number of benzene rings is 7. The van der Waals surface area contributed by atoms with Crippen molar-refractivity contribution in [2.24, 2.45) is 0 Å². The molecule has 8 aromatic rings. The van der Waals surface area contributed by atoms with Crippen molar-refractivity contribution in [1.29, 1.82) is 0 Å². The largest absolute Gasteiger partial charge is 0.495 e. The maximum absolute atomic E-state index is 6.97. The van der Waals surface area contributed by atoms with Gasteiger partial charge in [-0.15, -0.1) is 0 Å². The summed E-state index contributed by atoms with van der Waals surface area (Å²) in [6.45, 7) is 8.57. The summed E-state index contributed by atoms with van der Waals surface area (Å²) in [5.41, 5.74) is 12.7. The molecule has 0 unspecified atom stereocenters. The molecule has 3 nitrogen and oxygen atoms in total. The van der Waals surface area contributed by atoms with E-state index in [2.05, 4.69) is 202 Å². The average molecular weight is 686 g/mol. The molecule has 1 aromatic heterocycles. The lowest BCUT2D eigenvalue weighted by molar-refractivity contribution is 0.00578. The zero-order chi connectivity index (χ0) is 36.0. The molecular formula is C49H40BNO2. The van der Waals surface area contributed by atoms with Crippen molar-refractivity contribution in [2.45, 2.75) is 44.3 Å². The lowest BCUT2D eigenvalue weighted by atomic mass is 9.65. The third-order valence-electron chi connectivity index (χ3n) is 12.1. The van der Waals surface area contributed by atoms with Crippen molar-refractivity contribution in [3.8, 4) is 27.9 Å². The Labute approximate surface area is 311 Å². The van der Waals surface area contributed by atoms with Gasteiger partial charge in [-0.1, -0.05) is 152 Å². The molecule has 1 fully saturated rings. The van der Waals surface area contributed by atoms with Crippen molar-refractivity contribution in [2.75, 3.05) is 0 Å². The van der Waals surface area contributed by atoms with E-state index in [4.69, 9.17) is 9.31 Å². The lowest BCUT2D eigenvalue weighted by Gasteiger charge is -2.34. The first kappa shape index (κ1) is 32.0. The quantitative estimate of drug-likeness (QED) is 0.168. The third kappa shape index (κ3) is 4.56. The van der Waals surface area contributed by atoms with Gasteiger partial charge in [-0.05, 0) is 90.3 Å². The van der Waals surface area contributed by atoms with Gasteiger partial charge in [-0.2, -0.15) is 0 Å². The summed E-state index contributed by atoms with van der Waals surface area (Å²) < 4.78 is 16.4. The molecule has 1 aliphatic heterocycles. The second-order valence-corrected chi connectivity index (χ2v) is 15.5. The van der Waals surface area contributed by atoms with Crippen LogP contribution in [-0.2, 0) is 14.7 Å². The van der Waals surface area contributed by atoms with Crippen LogP contribution in [0.25, 0.3) is 49.7 Å². The van der Waals surface area contributed by atoms with Gasteiger partial charge in [0.05, 0.1) is 27.7 Å². The molecule has 0 saturated carbocycles. The SMILES string of the molecule is CC1(C)OB(c2cc3c(c4c2c2ccccc2n4-c2ccc(-c4ccccc4)cc2)-c2ccccc2C3(c2ccccc2)c2ccccc2)OC1(C)C. The van der Waals surface area contributed by atoms with Crippen LogP contribution in [0.15, 0.2) is 170 Å². The highest BCUT2D eigenvalue weighted by Gasteiger charge is 2.54. The highest BCUT2D eigenvalue weighted by molar-refractivity contribution is 6.66. The molecule has 2 aliphatic rings. The summed E-state index contributed by atoms with van der Waals surface area (Å²) in [7, 11) is -0.569. The Morgan fingerprint density at radius 1 is 0.509 bits per heavy atom. The molecule has 0 atom stereocenters. The number of aromatic nitrogens is 1. The minimum atomic E-state index is -0.584. The second-order valence-electron chi connectivity index (χ2n) is 15.5. The third-order valence-corrected chi connectivity index (χ3v) is 12.1. The molecule has 53 heavy (non-hydrogen) atoms. The Morgan fingerprint density at radius 2 is 1.04 bits per heavy atom. The van der Waals surface area contributed by atoms with Gasteiger partial charge in [0, 0.05) is 22.0 Å². The van der Waals surface area contributed by atoms with Crippen LogP contribution in [0.5, 0.6) is 0 Å². The first-order chi connectivity index (χ1) is 25.8. The summed E-state index contributed by atoms with van der Waals surface area (Å²) >= 11 is 0. The maximum atomic E-state index is 6.97. The molecule has 1 aliphatic carbocycles. The predicted molar refractivity (Wildman–Crippen MR) is 219 cm³/mol. The van der Waals surface area contributed by atoms with Gasteiger partial charge >= 0.3 is 7.12 Å². The fourth-order valence-corrected chi connectivity index (χ4v) is 8.96. The number of hydrogen-bond donors (Lipinski definition) is 0. The van der Waals surface area contributed by atoms with Crippen LogP contribution in [0.4, 0.5) is 0 Å². The zero-order valence-electron chi connectivity index (χ0n) is 30.5. The topological polar surface area (TPSA) is 23.4 Å². The Morgan fingerprint density at radius 3 is 1.68 bits per heavy atom. The molecule has 0 N–H and O–H groups in total. The van der Waals surface area contributed by atoms with Crippen LogP contribution in [0.1, 0.15) is 49.9 Å². The zero-order valence-corrected chi connectivity index (χ0v) is 30.5. The van der Waals surface area contributed by atoms with E-state index in [1.807, 2.05) is 0 Å². The Balaban J connectivity index is 1.38. The standard InChI is InChI=1S/C49H40BNO2/c1-47(2)48(3,4)53-50(52-47)42-32-41-44(38-24-14-16-26-40(38)49(41,35-20-10-6-11-21-35)36-22-12-7-13-23-36)46-45(42)39-25-15-17-27-43(39)51(46)37-30-28-34(29-31-37)33-18-8-5-9-19-33/h5-32H,1-4H3. The van der Waals surface area contributed by atoms with Gasteiger partial charge in [-0.25, -0.2) is 0 Å². The number of hydrogen-bond acceptors (Lipinski definition) is 2. The molecular weight excluding hydrogens is 645 g/mol. The molecule has 1 saturated heterocycles. The molecule has 0 bridgehead atoms. The summed E-state index contributed by atoms with van der Waals surface area (Å²) in [5, 5.41) is 2.34. The smallest absolute Gasteiger partial charge is 0.399 e. The van der Waals surface area contributed by atoms with Gasteiger partial charge in [0.2, 0.25) is 0 Å². The van der Waals surface area contributed by atoms with E-state index in [0.717, 1.165) is 22.1 Å². The highest BCUT2D eigenvalue weighted by Crippen LogP contribution is 2.58. The highest BCUT2D eigenvalue weighted by atomic mass is 16.7. The molecule has 10 rings (SSSR count). The number of nitrogens with zero attached hydrogens (tertiary/aromatic N) is 1. The van der Waals surface area contributed by atoms with E-state index >= 15 is 0 Å². The number of rotatable bonds is 5. The summed E-state index contributed by atoms with van der Waals surface area (Å²) in [6.07, 6.45) is 0. The van der Waals surface area contributed by atoms with Gasteiger partial charge in [-0.3, -0.25) is 0 Å². The monoisotopic (exact) mass is 685 g/mol. The lowest BCUT2D eigenvalue weighted by Crippen LogP contribution is -2.41. The molecule has 0 spiro atoms. The van der Waals surface area contributed by atoms with Gasteiger partial charge < -0.3 is 13.9 Å². The predicted octanol–water partition coefficient (Wildman–Crippen LogP) is 11.1. The Hall–Kier alpha value is -5.68. The minimum absolute atomic E-state index is 0.506. The number of para-hydroxylation sites is 1.